The molecule has 0 saturated heterocycles. The maximum atomic E-state index is 8.59. The van der Waals surface area contributed by atoms with Crippen LogP contribution >= 0.6 is 0 Å². The highest BCUT2D eigenvalue weighted by atomic mass is 16.5. The van der Waals surface area contributed by atoms with Gasteiger partial charge in [0.05, 0.1) is 19.4 Å². The number of hydrogen-bond donors (Lipinski definition) is 1. The fourth-order valence-corrected chi connectivity index (χ4v) is 1.03. The molecule has 0 aliphatic heterocycles. The van der Waals surface area contributed by atoms with E-state index in [4.69, 9.17) is 14.6 Å². The van der Waals surface area contributed by atoms with Gasteiger partial charge in [-0.25, -0.2) is 0 Å². The summed E-state index contributed by atoms with van der Waals surface area (Å²) in [5.74, 6) is 6.39. The van der Waals surface area contributed by atoms with Crippen molar-refractivity contribution in [2.24, 2.45) is 0 Å². The Hall–Kier alpha value is -1.57. The van der Waals surface area contributed by atoms with Crippen LogP contribution in [0.1, 0.15) is 12.0 Å². The van der Waals surface area contributed by atoms with E-state index in [1.807, 2.05) is 6.07 Å². The van der Waals surface area contributed by atoms with Crippen LogP contribution in [-0.4, -0.2) is 37.0 Å². The minimum absolute atomic E-state index is 0.0739. The average Bonchev–Trinajstić information content (AvgIpc) is 2.30. The first kappa shape index (κ1) is 12.5. The molecule has 86 valence electrons. The predicted octanol–water partition coefficient (Wildman–Crippen LogP) is 0.841. The summed E-state index contributed by atoms with van der Waals surface area (Å²) in [6.45, 7) is 1.11. The summed E-state index contributed by atoms with van der Waals surface area (Å²) in [5.41, 5.74) is 0.781. The monoisotopic (exact) mass is 221 g/mol. The van der Waals surface area contributed by atoms with Gasteiger partial charge in [0.15, 0.2) is 0 Å². The third-order valence-electron chi connectivity index (χ3n) is 1.74. The van der Waals surface area contributed by atoms with Gasteiger partial charge >= 0.3 is 0 Å². The molecule has 4 nitrogen and oxygen atoms in total. The highest BCUT2D eigenvalue weighted by Crippen LogP contribution is 2.10. The van der Waals surface area contributed by atoms with Crippen molar-refractivity contribution in [3.63, 3.8) is 0 Å². The van der Waals surface area contributed by atoms with Gasteiger partial charge in [-0.2, -0.15) is 0 Å². The van der Waals surface area contributed by atoms with Crippen molar-refractivity contribution in [3.05, 3.63) is 24.0 Å². The summed E-state index contributed by atoms with van der Waals surface area (Å²) in [6.07, 6.45) is 3.76. The molecule has 16 heavy (non-hydrogen) atoms. The number of hydrogen-bond acceptors (Lipinski definition) is 4. The van der Waals surface area contributed by atoms with Crippen LogP contribution in [0.4, 0.5) is 0 Å². The van der Waals surface area contributed by atoms with E-state index < -0.39 is 0 Å². The van der Waals surface area contributed by atoms with Crippen LogP contribution in [0.25, 0.3) is 0 Å². The van der Waals surface area contributed by atoms with E-state index in [1.165, 1.54) is 0 Å². The summed E-state index contributed by atoms with van der Waals surface area (Å²) in [5, 5.41) is 8.59. The number of pyridine rings is 1. The lowest BCUT2D eigenvalue weighted by atomic mass is 10.2. The summed E-state index contributed by atoms with van der Waals surface area (Å²) >= 11 is 0. The normalized spacial score (nSPS) is 9.38. The van der Waals surface area contributed by atoms with Crippen LogP contribution in [0.5, 0.6) is 5.75 Å². The number of nitrogens with zero attached hydrogens (tertiary/aromatic N) is 1. The first-order valence-electron chi connectivity index (χ1n) is 5.03. The lowest BCUT2D eigenvalue weighted by Gasteiger charge is -2.04. The number of aliphatic hydroxyl groups excluding tert-OH is 1. The van der Waals surface area contributed by atoms with Gasteiger partial charge in [-0.05, 0) is 6.07 Å². The molecule has 0 fully saturated rings. The highest BCUT2D eigenvalue weighted by Gasteiger charge is 1.95. The summed E-state index contributed by atoms with van der Waals surface area (Å²) in [7, 11) is 1.62. The minimum Gasteiger partial charge on any atom is -0.490 e. The first-order valence-corrected chi connectivity index (χ1v) is 5.03. The molecule has 4 heteroatoms. The summed E-state index contributed by atoms with van der Waals surface area (Å²) in [4.78, 5) is 4.01. The average molecular weight is 221 g/mol. The van der Waals surface area contributed by atoms with E-state index in [1.54, 1.807) is 19.5 Å². The van der Waals surface area contributed by atoms with E-state index in [0.29, 0.717) is 25.4 Å². The van der Waals surface area contributed by atoms with E-state index in [9.17, 15) is 0 Å². The maximum absolute atomic E-state index is 8.59. The van der Waals surface area contributed by atoms with Gasteiger partial charge in [0.25, 0.3) is 0 Å². The first-order chi connectivity index (χ1) is 7.86. The zero-order valence-corrected chi connectivity index (χ0v) is 9.27. The standard InChI is InChI=1S/C12H15NO3/c1-15-6-7-16-12-8-11(9-13-10-12)4-2-3-5-14/h8-10,14H,3,5-7H2,1H3. The third-order valence-corrected chi connectivity index (χ3v) is 1.74. The Morgan fingerprint density at radius 1 is 1.38 bits per heavy atom. The van der Waals surface area contributed by atoms with Crippen molar-refractivity contribution < 1.29 is 14.6 Å². The Morgan fingerprint density at radius 3 is 3.00 bits per heavy atom. The Balaban J connectivity index is 2.54. The van der Waals surface area contributed by atoms with Crippen LogP contribution in [0.2, 0.25) is 0 Å². The van der Waals surface area contributed by atoms with Crippen LogP contribution in [0, 0.1) is 11.8 Å². The van der Waals surface area contributed by atoms with Gasteiger partial charge in [-0.1, -0.05) is 11.8 Å². The molecule has 0 unspecified atom stereocenters. The fourth-order valence-electron chi connectivity index (χ4n) is 1.03. The summed E-state index contributed by atoms with van der Waals surface area (Å²) in [6, 6.07) is 1.81. The topological polar surface area (TPSA) is 51.6 Å². The molecule has 0 spiro atoms. The molecule has 0 amide bonds. The van der Waals surface area contributed by atoms with Gasteiger partial charge in [-0.3, -0.25) is 4.98 Å². The maximum Gasteiger partial charge on any atom is 0.138 e. The van der Waals surface area contributed by atoms with Crippen LogP contribution in [0.3, 0.4) is 0 Å². The molecular formula is C12H15NO3. The molecule has 1 rings (SSSR count). The van der Waals surface area contributed by atoms with E-state index in [2.05, 4.69) is 16.8 Å². The molecule has 0 aliphatic carbocycles. The number of aliphatic hydroxyl groups is 1. The molecule has 1 aromatic heterocycles. The molecular weight excluding hydrogens is 206 g/mol. The van der Waals surface area contributed by atoms with Crippen molar-refractivity contribution in [2.75, 3.05) is 26.9 Å². The molecule has 1 heterocycles. The second-order valence-corrected chi connectivity index (χ2v) is 3.03. The van der Waals surface area contributed by atoms with Gasteiger partial charge in [0, 0.05) is 25.3 Å². The molecule has 0 aromatic carbocycles. The second kappa shape index (κ2) is 7.69. The van der Waals surface area contributed by atoms with Crippen molar-refractivity contribution in [3.8, 4) is 17.6 Å². The van der Waals surface area contributed by atoms with Gasteiger partial charge in [0.2, 0.25) is 0 Å². The Morgan fingerprint density at radius 2 is 2.25 bits per heavy atom. The van der Waals surface area contributed by atoms with Crippen molar-refractivity contribution in [1.82, 2.24) is 4.98 Å². The third kappa shape index (κ3) is 4.78. The zero-order chi connectivity index (χ0) is 11.6. The number of rotatable bonds is 5. The molecule has 0 atom stereocenters. The van der Waals surface area contributed by atoms with Gasteiger partial charge in [0.1, 0.15) is 12.4 Å². The largest absolute Gasteiger partial charge is 0.490 e. The van der Waals surface area contributed by atoms with Crippen molar-refractivity contribution >= 4 is 0 Å². The molecule has 0 radical (unpaired) electrons. The van der Waals surface area contributed by atoms with E-state index in [0.717, 1.165) is 5.56 Å². The van der Waals surface area contributed by atoms with Crippen LogP contribution in [-0.2, 0) is 4.74 Å². The Labute approximate surface area is 95.2 Å². The molecule has 0 saturated carbocycles. The zero-order valence-electron chi connectivity index (χ0n) is 9.27. The highest BCUT2D eigenvalue weighted by molar-refractivity contribution is 5.36. The fraction of sp³-hybridized carbons (Fsp3) is 0.417. The lowest BCUT2D eigenvalue weighted by Crippen LogP contribution is -2.04. The molecule has 1 aromatic rings. The molecule has 0 bridgehead atoms. The van der Waals surface area contributed by atoms with E-state index in [-0.39, 0.29) is 6.61 Å². The SMILES string of the molecule is COCCOc1cncc(C#CCCO)c1. The lowest BCUT2D eigenvalue weighted by molar-refractivity contribution is 0.146. The Kier molecular flexibility index (Phi) is 6.00. The smallest absolute Gasteiger partial charge is 0.138 e. The van der Waals surface area contributed by atoms with Gasteiger partial charge in [-0.15, -0.1) is 0 Å². The molecule has 0 aliphatic rings. The minimum atomic E-state index is 0.0739. The Bertz CT molecular complexity index is 368. The number of ether oxygens (including phenoxy) is 2. The predicted molar refractivity (Wildman–Crippen MR) is 60.2 cm³/mol. The number of aromatic nitrogens is 1. The van der Waals surface area contributed by atoms with Crippen molar-refractivity contribution in [2.45, 2.75) is 6.42 Å². The molecule has 1 N–H and O–H groups in total. The quantitative estimate of drug-likeness (QED) is 0.591. The van der Waals surface area contributed by atoms with Crippen LogP contribution in [0.15, 0.2) is 18.5 Å². The van der Waals surface area contributed by atoms with Gasteiger partial charge < -0.3 is 14.6 Å². The summed E-state index contributed by atoms with van der Waals surface area (Å²) < 4.78 is 10.3. The second-order valence-electron chi connectivity index (χ2n) is 3.03. The number of methoxy groups -OCH3 is 1. The van der Waals surface area contributed by atoms with Crippen LogP contribution < -0.4 is 4.74 Å². The van der Waals surface area contributed by atoms with Crippen molar-refractivity contribution in [1.29, 1.82) is 0 Å². The van der Waals surface area contributed by atoms with E-state index >= 15 is 0 Å².